The molecule has 156 valence electrons. The predicted octanol–water partition coefficient (Wildman–Crippen LogP) is 3.53. The van der Waals surface area contributed by atoms with E-state index in [0.29, 0.717) is 19.0 Å². The zero-order valence-electron chi connectivity index (χ0n) is 15.8. The Labute approximate surface area is 166 Å². The predicted molar refractivity (Wildman–Crippen MR) is 102 cm³/mol. The molecule has 0 aromatic heterocycles. The summed E-state index contributed by atoms with van der Waals surface area (Å²) in [4.78, 5) is 12.7. The highest BCUT2D eigenvalue weighted by Gasteiger charge is 2.31. The van der Waals surface area contributed by atoms with Gasteiger partial charge < -0.3 is 26.3 Å². The highest BCUT2D eigenvalue weighted by atomic mass is 19.4. The van der Waals surface area contributed by atoms with E-state index < -0.39 is 23.7 Å². The molecule has 0 radical (unpaired) electrons. The number of hydrogen-bond donors (Lipinski definition) is 3. The number of nitrogens with one attached hydrogen (secondary N) is 1. The Bertz CT molecular complexity index is 896. The van der Waals surface area contributed by atoms with Crippen LogP contribution in [0.25, 0.3) is 0 Å². The third-order valence-electron chi connectivity index (χ3n) is 4.61. The monoisotopic (exact) mass is 409 g/mol. The van der Waals surface area contributed by atoms with Gasteiger partial charge in [0.2, 0.25) is 0 Å². The molecular weight excluding hydrogens is 387 g/mol. The van der Waals surface area contributed by atoms with Crippen LogP contribution < -0.4 is 21.5 Å². The summed E-state index contributed by atoms with van der Waals surface area (Å²) in [5.41, 5.74) is 11.2. The number of halogens is 3. The van der Waals surface area contributed by atoms with Crippen molar-refractivity contribution in [2.45, 2.75) is 31.7 Å². The Kier molecular flexibility index (Phi) is 5.88. The van der Waals surface area contributed by atoms with Crippen LogP contribution in [-0.2, 0) is 10.9 Å². The van der Waals surface area contributed by atoms with E-state index in [1.54, 1.807) is 19.1 Å². The molecular formula is C20H22F3N3O3. The van der Waals surface area contributed by atoms with Crippen molar-refractivity contribution < 1.29 is 27.4 Å². The fourth-order valence-corrected chi connectivity index (χ4v) is 3.05. The molecule has 0 spiro atoms. The van der Waals surface area contributed by atoms with Crippen molar-refractivity contribution >= 4 is 17.3 Å². The lowest BCUT2D eigenvalue weighted by molar-refractivity contribution is -0.137. The van der Waals surface area contributed by atoms with Crippen LogP contribution in [0.1, 0.15) is 40.9 Å². The summed E-state index contributed by atoms with van der Waals surface area (Å²) in [5, 5.41) is 2.66. The lowest BCUT2D eigenvalue weighted by Crippen LogP contribution is -2.28. The van der Waals surface area contributed by atoms with E-state index >= 15 is 0 Å². The van der Waals surface area contributed by atoms with Gasteiger partial charge in [-0.25, -0.2) is 0 Å². The highest BCUT2D eigenvalue weighted by molar-refractivity contribution is 5.99. The maximum atomic E-state index is 13.0. The SMILES string of the molecule is C[C@@H](NC(=O)c1cc(O[C@H]2CCOC2)ccc1N)c1cc(N)cc(C(F)(F)F)c1. The molecule has 2 atom stereocenters. The molecule has 0 bridgehead atoms. The fraction of sp³-hybridized carbons (Fsp3) is 0.350. The van der Waals surface area contributed by atoms with Gasteiger partial charge in [-0.1, -0.05) is 0 Å². The third kappa shape index (κ3) is 5.11. The molecule has 5 N–H and O–H groups in total. The van der Waals surface area contributed by atoms with Crippen molar-refractivity contribution in [2.75, 3.05) is 24.7 Å². The number of ether oxygens (including phenoxy) is 2. The average molecular weight is 409 g/mol. The first-order chi connectivity index (χ1) is 13.6. The largest absolute Gasteiger partial charge is 0.488 e. The second-order valence-corrected chi connectivity index (χ2v) is 6.93. The molecule has 9 heteroatoms. The summed E-state index contributed by atoms with van der Waals surface area (Å²) in [6.07, 6.45) is -3.88. The van der Waals surface area contributed by atoms with E-state index in [0.717, 1.165) is 18.6 Å². The van der Waals surface area contributed by atoms with Crippen LogP contribution in [0, 0.1) is 0 Å². The molecule has 0 saturated carbocycles. The maximum Gasteiger partial charge on any atom is 0.416 e. The van der Waals surface area contributed by atoms with Crippen molar-refractivity contribution in [3.63, 3.8) is 0 Å². The van der Waals surface area contributed by atoms with E-state index in [4.69, 9.17) is 20.9 Å². The summed E-state index contributed by atoms with van der Waals surface area (Å²) in [6.45, 7) is 2.66. The Hall–Kier alpha value is -2.94. The number of carbonyl (C=O) groups excluding carboxylic acids is 1. The molecule has 1 saturated heterocycles. The lowest BCUT2D eigenvalue weighted by Gasteiger charge is -2.18. The van der Waals surface area contributed by atoms with Gasteiger partial charge in [-0.3, -0.25) is 4.79 Å². The zero-order chi connectivity index (χ0) is 21.2. The number of rotatable bonds is 5. The van der Waals surface area contributed by atoms with Gasteiger partial charge in [0, 0.05) is 17.8 Å². The van der Waals surface area contributed by atoms with Crippen LogP contribution in [0.3, 0.4) is 0 Å². The second-order valence-electron chi connectivity index (χ2n) is 6.93. The van der Waals surface area contributed by atoms with Crippen LogP contribution >= 0.6 is 0 Å². The summed E-state index contributed by atoms with van der Waals surface area (Å²) in [5.74, 6) is -0.0603. The maximum absolute atomic E-state index is 13.0. The van der Waals surface area contributed by atoms with E-state index in [1.165, 1.54) is 12.1 Å². The number of amides is 1. The minimum atomic E-state index is -4.53. The standard InChI is InChI=1S/C20H22F3N3O3/c1-11(12-6-13(20(21,22)23)8-14(24)7-12)26-19(27)17-9-15(2-3-18(17)25)29-16-4-5-28-10-16/h2-3,6-9,11,16H,4-5,10,24-25H2,1H3,(H,26,27)/t11-,16+/m1/s1. The van der Waals surface area contributed by atoms with Gasteiger partial charge in [-0.05, 0) is 48.9 Å². The first kappa shape index (κ1) is 20.8. The summed E-state index contributed by atoms with van der Waals surface area (Å²) < 4.78 is 50.1. The normalized spacial score (nSPS) is 17.7. The molecule has 29 heavy (non-hydrogen) atoms. The van der Waals surface area contributed by atoms with Crippen molar-refractivity contribution in [1.29, 1.82) is 0 Å². The molecule has 6 nitrogen and oxygen atoms in total. The van der Waals surface area contributed by atoms with E-state index in [1.807, 2.05) is 0 Å². The van der Waals surface area contributed by atoms with Crippen LogP contribution in [0.4, 0.5) is 24.5 Å². The fourth-order valence-electron chi connectivity index (χ4n) is 3.05. The smallest absolute Gasteiger partial charge is 0.416 e. The molecule has 0 aliphatic carbocycles. The van der Waals surface area contributed by atoms with E-state index in [-0.39, 0.29) is 28.6 Å². The van der Waals surface area contributed by atoms with E-state index in [9.17, 15) is 18.0 Å². The molecule has 1 fully saturated rings. The number of carbonyl (C=O) groups is 1. The summed E-state index contributed by atoms with van der Waals surface area (Å²) in [6, 6.07) is 7.20. The molecule has 3 rings (SSSR count). The number of benzene rings is 2. The van der Waals surface area contributed by atoms with Crippen molar-refractivity contribution in [1.82, 2.24) is 5.32 Å². The Balaban J connectivity index is 1.76. The molecule has 2 aromatic carbocycles. The summed E-state index contributed by atoms with van der Waals surface area (Å²) >= 11 is 0. The number of nitrogen functional groups attached to an aromatic ring is 2. The minimum Gasteiger partial charge on any atom is -0.488 e. The minimum absolute atomic E-state index is 0.0374. The molecule has 2 aromatic rings. The molecule has 1 heterocycles. The van der Waals surface area contributed by atoms with Crippen molar-refractivity contribution in [2.24, 2.45) is 0 Å². The number of alkyl halides is 3. The lowest BCUT2D eigenvalue weighted by atomic mass is 10.0. The molecule has 1 aliphatic rings. The van der Waals surface area contributed by atoms with Gasteiger partial charge in [0.1, 0.15) is 11.9 Å². The number of hydrogen-bond acceptors (Lipinski definition) is 5. The quantitative estimate of drug-likeness (QED) is 0.656. The number of nitrogens with two attached hydrogens (primary N) is 2. The Morgan fingerprint density at radius 3 is 2.66 bits per heavy atom. The molecule has 0 unspecified atom stereocenters. The Morgan fingerprint density at radius 1 is 1.24 bits per heavy atom. The van der Waals surface area contributed by atoms with Crippen LogP contribution in [0.5, 0.6) is 5.75 Å². The topological polar surface area (TPSA) is 99.6 Å². The second kappa shape index (κ2) is 8.20. The van der Waals surface area contributed by atoms with Gasteiger partial charge in [0.15, 0.2) is 0 Å². The first-order valence-electron chi connectivity index (χ1n) is 9.06. The first-order valence-corrected chi connectivity index (χ1v) is 9.06. The molecule has 1 amide bonds. The number of anilines is 2. The van der Waals surface area contributed by atoms with Crippen molar-refractivity contribution in [3.05, 3.63) is 53.1 Å². The van der Waals surface area contributed by atoms with Crippen molar-refractivity contribution in [3.8, 4) is 5.75 Å². The van der Waals surface area contributed by atoms with Gasteiger partial charge in [0.25, 0.3) is 5.91 Å². The Morgan fingerprint density at radius 2 is 2.00 bits per heavy atom. The third-order valence-corrected chi connectivity index (χ3v) is 4.61. The van der Waals surface area contributed by atoms with Crippen LogP contribution in [0.15, 0.2) is 36.4 Å². The zero-order valence-corrected chi connectivity index (χ0v) is 15.8. The average Bonchev–Trinajstić information content (AvgIpc) is 3.15. The highest BCUT2D eigenvalue weighted by Crippen LogP contribution is 2.33. The summed E-state index contributed by atoms with van der Waals surface area (Å²) in [7, 11) is 0. The van der Waals surface area contributed by atoms with Gasteiger partial charge in [-0.2, -0.15) is 13.2 Å². The van der Waals surface area contributed by atoms with E-state index in [2.05, 4.69) is 5.32 Å². The van der Waals surface area contributed by atoms with Crippen LogP contribution in [-0.4, -0.2) is 25.2 Å². The van der Waals surface area contributed by atoms with Gasteiger partial charge >= 0.3 is 6.18 Å². The van der Waals surface area contributed by atoms with Gasteiger partial charge in [-0.15, -0.1) is 0 Å². The van der Waals surface area contributed by atoms with Gasteiger partial charge in [0.05, 0.1) is 30.4 Å². The van der Waals surface area contributed by atoms with Crippen LogP contribution in [0.2, 0.25) is 0 Å². The molecule has 1 aliphatic heterocycles.